The van der Waals surface area contributed by atoms with E-state index in [4.69, 9.17) is 9.47 Å². The zero-order valence-corrected chi connectivity index (χ0v) is 22.4. The maximum absolute atomic E-state index is 15.2. The summed E-state index contributed by atoms with van der Waals surface area (Å²) in [6.07, 6.45) is 1.24. The Morgan fingerprint density at radius 3 is 2.61 bits per heavy atom. The molecule has 1 spiro atoms. The van der Waals surface area contributed by atoms with Crippen molar-refractivity contribution in [2.45, 2.75) is 97.1 Å². The van der Waals surface area contributed by atoms with Crippen LogP contribution in [0.2, 0.25) is 0 Å². The Morgan fingerprint density at radius 2 is 2.03 bits per heavy atom. The van der Waals surface area contributed by atoms with E-state index in [2.05, 4.69) is 4.98 Å². The highest BCUT2D eigenvalue weighted by molar-refractivity contribution is 7.09. The lowest BCUT2D eigenvalue weighted by atomic mass is 9.58. The number of thiazole rings is 1. The van der Waals surface area contributed by atoms with E-state index in [-0.39, 0.29) is 12.2 Å². The van der Waals surface area contributed by atoms with E-state index in [1.807, 2.05) is 20.8 Å². The van der Waals surface area contributed by atoms with Crippen molar-refractivity contribution in [1.29, 1.82) is 0 Å². The quantitative estimate of drug-likeness (QED) is 0.437. The zero-order valence-electron chi connectivity index (χ0n) is 21.5. The van der Waals surface area contributed by atoms with Crippen LogP contribution in [0, 0.1) is 18.3 Å². The number of hydrogen-bond donors (Lipinski definition) is 2. The molecule has 1 saturated carbocycles. The first-order chi connectivity index (χ1) is 17.1. The van der Waals surface area contributed by atoms with Crippen LogP contribution in [0.3, 0.4) is 0 Å². The highest BCUT2D eigenvalue weighted by atomic mass is 32.1. The lowest BCUT2D eigenvalue weighted by molar-refractivity contribution is -0.163. The summed E-state index contributed by atoms with van der Waals surface area (Å²) in [6.45, 7) is 7.57. The molecule has 2 aliphatic rings. The molecule has 0 radical (unpaired) electrons. The molecule has 5 atom stereocenters. The van der Waals surface area contributed by atoms with Crippen molar-refractivity contribution in [1.82, 2.24) is 4.98 Å². The molecule has 3 rings (SSSR count). The number of aliphatic hydroxyl groups excluding tert-OH is 2. The van der Waals surface area contributed by atoms with Gasteiger partial charge in [0.25, 0.3) is 0 Å². The second-order valence-corrected chi connectivity index (χ2v) is 11.1. The molecule has 0 amide bonds. The third-order valence-corrected chi connectivity index (χ3v) is 8.26. The number of ketones is 1. The Kier molecular flexibility index (Phi) is 9.97. The number of aryl methyl sites for hydroxylation is 1. The Bertz CT molecular complexity index is 985. The summed E-state index contributed by atoms with van der Waals surface area (Å²) in [4.78, 5) is 30.7. The van der Waals surface area contributed by atoms with E-state index in [9.17, 15) is 19.8 Å². The van der Waals surface area contributed by atoms with Crippen molar-refractivity contribution in [2.24, 2.45) is 11.3 Å². The molecule has 2 heterocycles. The van der Waals surface area contributed by atoms with Crippen LogP contribution in [-0.2, 0) is 19.1 Å². The van der Waals surface area contributed by atoms with E-state index >= 15 is 4.39 Å². The van der Waals surface area contributed by atoms with Gasteiger partial charge in [-0.2, -0.15) is 0 Å². The first kappa shape index (κ1) is 28.6. The molecule has 9 heteroatoms. The van der Waals surface area contributed by atoms with E-state index in [0.29, 0.717) is 38.0 Å². The van der Waals surface area contributed by atoms with Crippen LogP contribution >= 0.6 is 11.3 Å². The van der Waals surface area contributed by atoms with Crippen LogP contribution in [0.25, 0.3) is 6.08 Å². The van der Waals surface area contributed by atoms with Gasteiger partial charge in [0, 0.05) is 23.8 Å². The van der Waals surface area contributed by atoms with Gasteiger partial charge in [-0.25, -0.2) is 9.37 Å². The number of aromatic nitrogens is 1. The predicted molar refractivity (Wildman–Crippen MR) is 136 cm³/mol. The average Bonchev–Trinajstić information content (AvgIpc) is 3.19. The molecule has 0 aromatic carbocycles. The van der Waals surface area contributed by atoms with Gasteiger partial charge in [-0.15, -0.1) is 11.3 Å². The smallest absolute Gasteiger partial charge is 0.309 e. The number of hydrogen-bond acceptors (Lipinski definition) is 8. The summed E-state index contributed by atoms with van der Waals surface area (Å²) in [5, 5.41) is 24.5. The molecule has 1 fully saturated rings. The topological polar surface area (TPSA) is 106 Å². The van der Waals surface area contributed by atoms with Gasteiger partial charge < -0.3 is 19.7 Å². The van der Waals surface area contributed by atoms with Gasteiger partial charge in [-0.1, -0.05) is 25.0 Å². The summed E-state index contributed by atoms with van der Waals surface area (Å²) in [7, 11) is 0. The summed E-state index contributed by atoms with van der Waals surface area (Å²) in [5.74, 6) is -2.37. The number of aliphatic hydroxyl groups is 2. The molecule has 1 aliphatic carbocycles. The van der Waals surface area contributed by atoms with Crippen LogP contribution in [0.1, 0.15) is 76.4 Å². The van der Waals surface area contributed by atoms with Crippen LogP contribution in [0.15, 0.2) is 22.9 Å². The number of cyclic esters (lactones) is 1. The normalized spacial score (nSPS) is 32.5. The number of rotatable bonds is 3. The molecule has 2 N–H and O–H groups in total. The fourth-order valence-corrected chi connectivity index (χ4v) is 5.52. The summed E-state index contributed by atoms with van der Waals surface area (Å²) in [5.41, 5.74) is 0.249. The second-order valence-electron chi connectivity index (χ2n) is 10.0. The summed E-state index contributed by atoms with van der Waals surface area (Å²) >= 11 is 1.39. The van der Waals surface area contributed by atoms with Gasteiger partial charge in [0.05, 0.1) is 47.5 Å². The number of nitrogens with zero attached hydrogens (tertiary/aromatic N) is 1. The van der Waals surface area contributed by atoms with Gasteiger partial charge in [0.1, 0.15) is 11.6 Å². The Hall–Kier alpha value is -1.94. The van der Waals surface area contributed by atoms with Crippen molar-refractivity contribution in [3.05, 3.63) is 33.6 Å². The van der Waals surface area contributed by atoms with Crippen molar-refractivity contribution >= 4 is 29.2 Å². The molecule has 0 saturated heterocycles. The van der Waals surface area contributed by atoms with Gasteiger partial charge in [0.2, 0.25) is 0 Å². The first-order valence-electron chi connectivity index (χ1n) is 12.7. The third kappa shape index (κ3) is 6.68. The van der Waals surface area contributed by atoms with Crippen LogP contribution in [0.5, 0.6) is 0 Å². The summed E-state index contributed by atoms with van der Waals surface area (Å²) in [6, 6.07) is 0. The minimum atomic E-state index is -1.28. The number of Topliss-reactive ketones (excluding diaryl/α,β-unsaturated/α-hetero) is 1. The Balaban J connectivity index is 1.89. The number of halogens is 1. The van der Waals surface area contributed by atoms with E-state index in [1.165, 1.54) is 17.4 Å². The molecule has 0 unspecified atom stereocenters. The number of carbonyl (C=O) groups is 2. The Labute approximate surface area is 216 Å². The van der Waals surface area contributed by atoms with Crippen LogP contribution in [-0.4, -0.2) is 58.0 Å². The predicted octanol–water partition coefficient (Wildman–Crippen LogP) is 4.70. The second kappa shape index (κ2) is 12.5. The van der Waals surface area contributed by atoms with Crippen molar-refractivity contribution in [2.75, 3.05) is 6.61 Å². The summed E-state index contributed by atoms with van der Waals surface area (Å²) < 4.78 is 26.5. The van der Waals surface area contributed by atoms with Crippen molar-refractivity contribution in [3.8, 4) is 0 Å². The van der Waals surface area contributed by atoms with Crippen molar-refractivity contribution < 1.29 is 33.7 Å². The van der Waals surface area contributed by atoms with Crippen LogP contribution in [0.4, 0.5) is 4.39 Å². The lowest BCUT2D eigenvalue weighted by Gasteiger charge is -2.46. The average molecular weight is 524 g/mol. The zero-order chi connectivity index (χ0) is 26.5. The highest BCUT2D eigenvalue weighted by Crippen LogP contribution is 2.48. The minimum Gasteiger partial charge on any atom is -0.455 e. The molecular weight excluding hydrogens is 485 g/mol. The molecule has 200 valence electrons. The third-order valence-electron chi connectivity index (χ3n) is 7.47. The molecule has 1 aromatic heterocycles. The first-order valence-corrected chi connectivity index (χ1v) is 13.6. The molecule has 1 aliphatic heterocycles. The maximum Gasteiger partial charge on any atom is 0.309 e. The highest BCUT2D eigenvalue weighted by Gasteiger charge is 2.53. The molecule has 1 aromatic rings. The molecule has 7 nitrogen and oxygen atoms in total. The molecular formula is C27H38FNO6S. The number of esters is 1. The van der Waals surface area contributed by atoms with Crippen molar-refractivity contribution in [3.63, 3.8) is 0 Å². The molecule has 0 bridgehead atoms. The monoisotopic (exact) mass is 523 g/mol. The number of carbonyl (C=O) groups excluding carboxylic acids is 2. The Morgan fingerprint density at radius 1 is 1.31 bits per heavy atom. The van der Waals surface area contributed by atoms with Gasteiger partial charge in [-0.3, -0.25) is 9.59 Å². The maximum atomic E-state index is 15.2. The fourth-order valence-electron chi connectivity index (χ4n) is 4.95. The van der Waals surface area contributed by atoms with Crippen LogP contribution < -0.4 is 0 Å². The largest absolute Gasteiger partial charge is 0.455 e. The van der Waals surface area contributed by atoms with E-state index < -0.39 is 54.0 Å². The van der Waals surface area contributed by atoms with Gasteiger partial charge in [-0.05, 0) is 46.5 Å². The standard InChI is InChI=1S/C27H38FNO6S/c1-5-20-25(32)17(3)34-12-9-16(2)7-8-22(21(28)13-19-15-36-18(4)29-19)35-24(31)14-23(30)27(26(20)33)10-6-11-27/h7,13,15,17,20,22-23,25,30,32H,5-6,8-12,14H2,1-4H3/b16-7-,21-13-/t17-,20-,22+,23+,25-/m1/s1. The van der Waals surface area contributed by atoms with E-state index in [1.54, 1.807) is 18.4 Å². The SMILES string of the molecule is CC[C@H]1C(=O)C2(CCC2)[C@@H](O)CC(=O)O[C@H](/C(F)=C/c2csc(C)n2)C/C=C(/C)CCO[C@H](C)[C@H]1O. The minimum absolute atomic E-state index is 0.110. The van der Waals surface area contributed by atoms with E-state index in [0.717, 1.165) is 17.0 Å². The fraction of sp³-hybridized carbons (Fsp3) is 0.667. The lowest BCUT2D eigenvalue weighted by Crippen LogP contribution is -2.54. The van der Waals surface area contributed by atoms with Gasteiger partial charge in [0.15, 0.2) is 6.10 Å². The molecule has 36 heavy (non-hydrogen) atoms. The van der Waals surface area contributed by atoms with Gasteiger partial charge >= 0.3 is 5.97 Å². The number of ether oxygens (including phenoxy) is 2.